The maximum absolute atomic E-state index is 11.9. The number of rotatable bonds is 5. The molecule has 20 heavy (non-hydrogen) atoms. The number of benzene rings is 1. The first-order valence-electron chi connectivity index (χ1n) is 6.55. The van der Waals surface area contributed by atoms with Gasteiger partial charge in [-0.1, -0.05) is 30.3 Å². The molecule has 2 rings (SSSR count). The molecule has 1 N–H and O–H groups in total. The largest absolute Gasteiger partial charge is 0.350 e. The normalized spacial score (nSPS) is 10.3. The Morgan fingerprint density at radius 1 is 1.15 bits per heavy atom. The van der Waals surface area contributed by atoms with E-state index < -0.39 is 0 Å². The maximum Gasteiger partial charge on any atom is 0.240 e. The van der Waals surface area contributed by atoms with Crippen LogP contribution in [0.1, 0.15) is 28.5 Å². The number of carbonyl (C=O) groups excluding carboxylic acids is 2. The molecular formula is C16H18N2O2. The van der Waals surface area contributed by atoms with Crippen LogP contribution >= 0.6 is 0 Å². The SMILES string of the molecule is CC(=O)c1ccn(CC(=O)NCc2ccccc2)c1C. The number of amides is 1. The van der Waals surface area contributed by atoms with Crippen molar-refractivity contribution >= 4 is 11.7 Å². The van der Waals surface area contributed by atoms with E-state index in [9.17, 15) is 9.59 Å². The lowest BCUT2D eigenvalue weighted by atomic mass is 10.2. The lowest BCUT2D eigenvalue weighted by Crippen LogP contribution is -2.27. The van der Waals surface area contributed by atoms with Crippen molar-refractivity contribution in [2.24, 2.45) is 0 Å². The summed E-state index contributed by atoms with van der Waals surface area (Å²) in [6.07, 6.45) is 1.77. The van der Waals surface area contributed by atoms with Gasteiger partial charge in [0.2, 0.25) is 5.91 Å². The van der Waals surface area contributed by atoms with Crippen molar-refractivity contribution in [1.29, 1.82) is 0 Å². The molecule has 1 amide bonds. The zero-order valence-electron chi connectivity index (χ0n) is 11.7. The molecule has 0 aliphatic carbocycles. The zero-order chi connectivity index (χ0) is 14.5. The molecule has 0 spiro atoms. The number of nitrogens with one attached hydrogen (secondary N) is 1. The van der Waals surface area contributed by atoms with Crippen molar-refractivity contribution in [2.75, 3.05) is 0 Å². The molecule has 1 aromatic heterocycles. The Morgan fingerprint density at radius 3 is 2.45 bits per heavy atom. The van der Waals surface area contributed by atoms with Gasteiger partial charge in [0.15, 0.2) is 5.78 Å². The van der Waals surface area contributed by atoms with Gasteiger partial charge in [-0.15, -0.1) is 0 Å². The molecule has 0 atom stereocenters. The second-order valence-electron chi connectivity index (χ2n) is 4.76. The van der Waals surface area contributed by atoms with Crippen molar-refractivity contribution in [3.63, 3.8) is 0 Å². The van der Waals surface area contributed by atoms with Crippen molar-refractivity contribution in [3.8, 4) is 0 Å². The maximum atomic E-state index is 11.9. The van der Waals surface area contributed by atoms with Gasteiger partial charge in [-0.25, -0.2) is 0 Å². The smallest absolute Gasteiger partial charge is 0.240 e. The Bertz CT molecular complexity index is 615. The molecule has 1 aromatic carbocycles. The van der Waals surface area contributed by atoms with Crippen molar-refractivity contribution < 1.29 is 9.59 Å². The fourth-order valence-corrected chi connectivity index (χ4v) is 2.10. The molecule has 2 aromatic rings. The van der Waals surface area contributed by atoms with Gasteiger partial charge in [0.25, 0.3) is 0 Å². The fourth-order valence-electron chi connectivity index (χ4n) is 2.10. The zero-order valence-corrected chi connectivity index (χ0v) is 11.7. The first-order valence-corrected chi connectivity index (χ1v) is 6.55. The molecular weight excluding hydrogens is 252 g/mol. The third-order valence-electron chi connectivity index (χ3n) is 3.27. The van der Waals surface area contributed by atoms with Gasteiger partial charge in [0, 0.05) is 24.0 Å². The predicted molar refractivity (Wildman–Crippen MR) is 77.5 cm³/mol. The second kappa shape index (κ2) is 6.19. The molecule has 0 aliphatic heterocycles. The molecule has 0 aliphatic rings. The van der Waals surface area contributed by atoms with Gasteiger partial charge in [-0.3, -0.25) is 9.59 Å². The van der Waals surface area contributed by atoms with Crippen LogP contribution in [-0.2, 0) is 17.9 Å². The van der Waals surface area contributed by atoms with Gasteiger partial charge >= 0.3 is 0 Å². The lowest BCUT2D eigenvalue weighted by Gasteiger charge is -2.08. The standard InChI is InChI=1S/C16H18N2O2/c1-12-15(13(2)19)8-9-18(12)11-16(20)17-10-14-6-4-3-5-7-14/h3-9H,10-11H2,1-2H3,(H,17,20). The monoisotopic (exact) mass is 270 g/mol. The van der Waals surface area contributed by atoms with Crippen LogP contribution in [0.15, 0.2) is 42.6 Å². The summed E-state index contributed by atoms with van der Waals surface area (Å²) in [4.78, 5) is 23.3. The molecule has 4 nitrogen and oxygen atoms in total. The van der Waals surface area contributed by atoms with Gasteiger partial charge in [-0.05, 0) is 25.5 Å². The summed E-state index contributed by atoms with van der Waals surface area (Å²) in [5.41, 5.74) is 2.56. The van der Waals surface area contributed by atoms with Crippen LogP contribution in [0.3, 0.4) is 0 Å². The molecule has 0 unspecified atom stereocenters. The Kier molecular flexibility index (Phi) is 4.35. The first kappa shape index (κ1) is 14.1. The van der Waals surface area contributed by atoms with E-state index in [1.54, 1.807) is 16.8 Å². The Morgan fingerprint density at radius 2 is 1.85 bits per heavy atom. The summed E-state index contributed by atoms with van der Waals surface area (Å²) < 4.78 is 1.79. The summed E-state index contributed by atoms with van der Waals surface area (Å²) in [5.74, 6) is -0.0476. The Labute approximate surface area is 118 Å². The second-order valence-corrected chi connectivity index (χ2v) is 4.76. The molecule has 4 heteroatoms. The third kappa shape index (κ3) is 3.35. The first-order chi connectivity index (χ1) is 9.58. The lowest BCUT2D eigenvalue weighted by molar-refractivity contribution is -0.121. The molecule has 0 radical (unpaired) electrons. The van der Waals surface area contributed by atoms with Gasteiger partial charge in [-0.2, -0.15) is 0 Å². The van der Waals surface area contributed by atoms with Gasteiger partial charge in [0.1, 0.15) is 6.54 Å². The third-order valence-corrected chi connectivity index (χ3v) is 3.27. The van der Waals surface area contributed by atoms with Gasteiger partial charge in [0.05, 0.1) is 0 Å². The van der Waals surface area contributed by atoms with E-state index in [-0.39, 0.29) is 18.2 Å². The van der Waals surface area contributed by atoms with Crippen LogP contribution in [0.5, 0.6) is 0 Å². The number of carbonyl (C=O) groups is 2. The van der Waals surface area contributed by atoms with Crippen LogP contribution in [0.2, 0.25) is 0 Å². The summed E-state index contributed by atoms with van der Waals surface area (Å²) in [5, 5.41) is 2.87. The Balaban J connectivity index is 1.93. The van der Waals surface area contributed by atoms with Crippen LogP contribution in [-0.4, -0.2) is 16.3 Å². The van der Waals surface area contributed by atoms with E-state index in [2.05, 4.69) is 5.32 Å². The van der Waals surface area contributed by atoms with Gasteiger partial charge < -0.3 is 9.88 Å². The number of Topliss-reactive ketones (excluding diaryl/α,β-unsaturated/α-hetero) is 1. The molecule has 104 valence electrons. The highest BCUT2D eigenvalue weighted by atomic mass is 16.2. The van der Waals surface area contributed by atoms with E-state index in [1.165, 1.54) is 6.92 Å². The van der Waals surface area contributed by atoms with Crippen molar-refractivity contribution in [3.05, 3.63) is 59.4 Å². The van der Waals surface area contributed by atoms with E-state index in [4.69, 9.17) is 0 Å². The highest BCUT2D eigenvalue weighted by Crippen LogP contribution is 2.10. The summed E-state index contributed by atoms with van der Waals surface area (Å²) in [6.45, 7) is 4.12. The van der Waals surface area contributed by atoms with E-state index in [0.717, 1.165) is 11.3 Å². The molecule has 0 saturated carbocycles. The number of aromatic nitrogens is 1. The van der Waals surface area contributed by atoms with E-state index in [0.29, 0.717) is 12.1 Å². The van der Waals surface area contributed by atoms with Crippen LogP contribution in [0, 0.1) is 6.92 Å². The quantitative estimate of drug-likeness (QED) is 0.848. The van der Waals surface area contributed by atoms with Crippen LogP contribution in [0.4, 0.5) is 0 Å². The number of hydrogen-bond acceptors (Lipinski definition) is 2. The van der Waals surface area contributed by atoms with Crippen molar-refractivity contribution in [1.82, 2.24) is 9.88 Å². The molecule has 0 saturated heterocycles. The highest BCUT2D eigenvalue weighted by Gasteiger charge is 2.10. The molecule has 0 bridgehead atoms. The highest BCUT2D eigenvalue weighted by molar-refractivity contribution is 5.95. The average Bonchev–Trinajstić information content (AvgIpc) is 2.79. The van der Waals surface area contributed by atoms with E-state index >= 15 is 0 Å². The number of ketones is 1. The summed E-state index contributed by atoms with van der Waals surface area (Å²) in [7, 11) is 0. The summed E-state index contributed by atoms with van der Waals surface area (Å²) in [6, 6.07) is 11.5. The minimum atomic E-state index is -0.0670. The minimum Gasteiger partial charge on any atom is -0.350 e. The number of nitrogens with zero attached hydrogens (tertiary/aromatic N) is 1. The van der Waals surface area contributed by atoms with Crippen LogP contribution < -0.4 is 5.32 Å². The average molecular weight is 270 g/mol. The Hall–Kier alpha value is -2.36. The predicted octanol–water partition coefficient (Wildman–Crippen LogP) is 2.32. The van der Waals surface area contributed by atoms with Crippen molar-refractivity contribution in [2.45, 2.75) is 26.9 Å². The number of hydrogen-bond donors (Lipinski definition) is 1. The molecule has 0 fully saturated rings. The fraction of sp³-hybridized carbons (Fsp3) is 0.250. The molecule has 1 heterocycles. The van der Waals surface area contributed by atoms with Crippen LogP contribution in [0.25, 0.3) is 0 Å². The van der Waals surface area contributed by atoms with E-state index in [1.807, 2.05) is 37.3 Å². The minimum absolute atomic E-state index is 0.0194. The topological polar surface area (TPSA) is 51.1 Å². The summed E-state index contributed by atoms with van der Waals surface area (Å²) >= 11 is 0.